The average Bonchev–Trinajstić information content (AvgIpc) is 2.93. The highest BCUT2D eigenvalue weighted by Gasteiger charge is 2.47. The van der Waals surface area contributed by atoms with Gasteiger partial charge in [-0.15, -0.1) is 0 Å². The van der Waals surface area contributed by atoms with Crippen LogP contribution in [0.15, 0.2) is 36.1 Å². The Balaban J connectivity index is 1.57. The molecule has 0 saturated carbocycles. The summed E-state index contributed by atoms with van der Waals surface area (Å²) < 4.78 is 24.0. The smallest absolute Gasteiger partial charge is 0.425 e. The van der Waals surface area contributed by atoms with E-state index in [1.54, 1.807) is 0 Å². The minimum atomic E-state index is -2.16. The Bertz CT molecular complexity index is 1450. The van der Waals surface area contributed by atoms with Crippen molar-refractivity contribution in [1.82, 2.24) is 0 Å². The van der Waals surface area contributed by atoms with E-state index >= 15 is 0 Å². The van der Waals surface area contributed by atoms with Crippen molar-refractivity contribution in [2.45, 2.75) is 36.8 Å². The third-order valence-electron chi connectivity index (χ3n) is 6.09. The number of carbonyl (C=O) groups excluding carboxylic acids is 3. The number of carbonyl (C=O) groups is 4. The molecule has 2 aliphatic rings. The average molecular weight is 595 g/mol. The van der Waals surface area contributed by atoms with Crippen LogP contribution in [0.3, 0.4) is 0 Å². The molecule has 2 aliphatic heterocycles. The van der Waals surface area contributed by atoms with Gasteiger partial charge in [0.05, 0.1) is 11.6 Å². The first kappa shape index (κ1) is 29.9. The van der Waals surface area contributed by atoms with E-state index in [1.807, 2.05) is 0 Å². The molecule has 0 amide bonds. The molecule has 0 spiro atoms. The Morgan fingerprint density at radius 3 is 2.21 bits per heavy atom. The lowest BCUT2D eigenvalue weighted by Gasteiger charge is -2.40. The van der Waals surface area contributed by atoms with E-state index in [1.165, 1.54) is 18.2 Å². The maximum absolute atomic E-state index is 11.8. The Labute approximate surface area is 233 Å². The standard InChI is InChI=1S/C25H22O17/c26-9-4-12(28)10-6-15(20(39-14(10)5-9)8-1-2-11(27)13(29)3-8)40-25-19(32)18(31)17(30)16(41-25)7-38-23(36)24(37)42-22(35)21(33)34/h1-6,16-20,25-32H,7H2,(H,33,34)/p+1. The number of hydrogen-bond donors (Lipinski definition) is 8. The minimum Gasteiger partial charge on any atom is -0.571 e. The molecule has 224 valence electrons. The van der Waals surface area contributed by atoms with E-state index in [4.69, 9.17) is 14.6 Å². The number of benzene rings is 2. The number of aliphatic hydroxyl groups excluding tert-OH is 3. The van der Waals surface area contributed by atoms with Crippen molar-refractivity contribution in [2.75, 3.05) is 6.61 Å². The Morgan fingerprint density at radius 2 is 1.55 bits per heavy atom. The molecule has 2 heterocycles. The van der Waals surface area contributed by atoms with Crippen LogP contribution in [0.4, 0.5) is 0 Å². The van der Waals surface area contributed by atoms with Gasteiger partial charge in [-0.3, -0.25) is 0 Å². The zero-order valence-corrected chi connectivity index (χ0v) is 20.9. The van der Waals surface area contributed by atoms with E-state index in [0.717, 1.165) is 18.2 Å². The van der Waals surface area contributed by atoms with Crippen molar-refractivity contribution in [3.05, 3.63) is 47.2 Å². The minimum absolute atomic E-state index is 0.0628. The number of carboxylic acids is 1. The Morgan fingerprint density at radius 1 is 0.833 bits per heavy atom. The molecular weight excluding hydrogens is 572 g/mol. The van der Waals surface area contributed by atoms with E-state index in [-0.39, 0.29) is 28.4 Å². The first-order valence-corrected chi connectivity index (χ1v) is 11.8. The molecule has 1 saturated heterocycles. The quantitative estimate of drug-likeness (QED) is 0.0633. The van der Waals surface area contributed by atoms with Gasteiger partial charge in [-0.2, -0.15) is 0 Å². The lowest BCUT2D eigenvalue weighted by molar-refractivity contribution is -0.296. The molecule has 0 aromatic heterocycles. The second kappa shape index (κ2) is 11.8. The van der Waals surface area contributed by atoms with E-state index < -0.39 is 84.5 Å². The molecule has 6 unspecified atom stereocenters. The van der Waals surface area contributed by atoms with Crippen LogP contribution < -0.4 is 0 Å². The molecule has 17 heteroatoms. The van der Waals surface area contributed by atoms with E-state index in [0.29, 0.717) is 0 Å². The van der Waals surface area contributed by atoms with Crippen LogP contribution in [0, 0.1) is 0 Å². The number of phenolic OH excluding ortho intramolecular Hbond substituents is 4. The first-order valence-electron chi connectivity index (χ1n) is 11.8. The normalized spacial score (nSPS) is 24.8. The SMILES string of the molecule is O=C(O)C(=O)OC(=O)C(=O)OCC1OC(OC2=Cc3c(O)cc(O)cc3[OH+]C2c2ccc(O)c(O)c2)C(O)C(O)C1O. The monoisotopic (exact) mass is 595 g/mol. The van der Waals surface area contributed by atoms with Gasteiger partial charge >= 0.3 is 23.9 Å². The number of aromatic hydroxyl groups is 5. The van der Waals surface area contributed by atoms with Crippen LogP contribution in [-0.4, -0.2) is 107 Å². The van der Waals surface area contributed by atoms with Gasteiger partial charge in [0.25, 0.3) is 11.9 Å². The summed E-state index contributed by atoms with van der Waals surface area (Å²) in [4.78, 5) is 44.7. The lowest BCUT2D eigenvalue weighted by Crippen LogP contribution is -2.59. The number of rotatable bonds is 5. The van der Waals surface area contributed by atoms with Gasteiger partial charge in [-0.25, -0.2) is 19.2 Å². The van der Waals surface area contributed by atoms with Gasteiger partial charge in [0.2, 0.25) is 6.29 Å². The van der Waals surface area contributed by atoms with Crippen molar-refractivity contribution >= 4 is 30.0 Å². The summed E-state index contributed by atoms with van der Waals surface area (Å²) >= 11 is 0. The number of ether oxygens (including phenoxy) is 5. The Hall–Kier alpha value is -5.10. The summed E-state index contributed by atoms with van der Waals surface area (Å²) in [6, 6.07) is 5.89. The highest BCUT2D eigenvalue weighted by atomic mass is 16.7. The van der Waals surface area contributed by atoms with Crippen LogP contribution in [0.25, 0.3) is 6.08 Å². The number of phenols is 4. The maximum atomic E-state index is 11.8. The summed E-state index contributed by atoms with van der Waals surface area (Å²) in [6.45, 7) is -0.971. The lowest BCUT2D eigenvalue weighted by atomic mass is 9.98. The van der Waals surface area contributed by atoms with E-state index in [2.05, 4.69) is 14.2 Å². The summed E-state index contributed by atoms with van der Waals surface area (Å²) in [5.41, 5.74) is 0.281. The molecular formula is C25H23O17+. The largest absolute Gasteiger partial charge is 0.571 e. The zero-order chi connectivity index (χ0) is 30.9. The van der Waals surface area contributed by atoms with Crippen molar-refractivity contribution in [3.8, 4) is 28.7 Å². The van der Waals surface area contributed by atoms with Crippen LogP contribution in [-0.2, 0) is 38.1 Å². The molecule has 17 nitrogen and oxygen atoms in total. The van der Waals surface area contributed by atoms with Crippen LogP contribution in [0.1, 0.15) is 17.2 Å². The van der Waals surface area contributed by atoms with Crippen LogP contribution in [0.2, 0.25) is 0 Å². The number of fused-ring (bicyclic) bond motifs is 1. The Kier molecular flexibility index (Phi) is 8.39. The molecule has 0 aliphatic carbocycles. The molecule has 0 bridgehead atoms. The van der Waals surface area contributed by atoms with Gasteiger partial charge in [-0.1, -0.05) is 0 Å². The van der Waals surface area contributed by atoms with Crippen molar-refractivity contribution in [2.24, 2.45) is 0 Å². The highest BCUT2D eigenvalue weighted by molar-refractivity contribution is 6.38. The van der Waals surface area contributed by atoms with Gasteiger partial charge in [0, 0.05) is 12.1 Å². The van der Waals surface area contributed by atoms with Crippen molar-refractivity contribution in [1.29, 1.82) is 0 Å². The summed E-state index contributed by atoms with van der Waals surface area (Å²) in [7, 11) is 0. The molecule has 42 heavy (non-hydrogen) atoms. The topological polar surface area (TPSA) is 280 Å². The molecule has 0 radical (unpaired) electrons. The summed E-state index contributed by atoms with van der Waals surface area (Å²) in [5, 5.41) is 79.6. The third-order valence-corrected chi connectivity index (χ3v) is 6.09. The van der Waals surface area contributed by atoms with Gasteiger partial charge in [0.15, 0.2) is 17.3 Å². The van der Waals surface area contributed by atoms with Gasteiger partial charge < -0.3 is 64.5 Å². The second-order valence-electron chi connectivity index (χ2n) is 8.94. The van der Waals surface area contributed by atoms with Crippen LogP contribution >= 0.6 is 0 Å². The third kappa shape index (κ3) is 6.13. The second-order valence-corrected chi connectivity index (χ2v) is 8.94. The summed E-state index contributed by atoms with van der Waals surface area (Å²) in [6.07, 6.45) is -9.19. The predicted octanol–water partition coefficient (Wildman–Crippen LogP) is -1.63. The van der Waals surface area contributed by atoms with Crippen molar-refractivity contribution in [3.63, 3.8) is 0 Å². The first-order chi connectivity index (χ1) is 19.8. The fourth-order valence-electron chi connectivity index (χ4n) is 4.01. The fraction of sp³-hybridized carbons (Fsp3) is 0.280. The number of aliphatic hydroxyl groups is 4. The molecule has 2 aromatic carbocycles. The van der Waals surface area contributed by atoms with Crippen molar-refractivity contribution < 1.29 is 83.7 Å². The van der Waals surface area contributed by atoms with Gasteiger partial charge in [0.1, 0.15) is 48.1 Å². The molecule has 6 atom stereocenters. The maximum Gasteiger partial charge on any atom is 0.425 e. The number of carboxylic acid groups (broad SMARTS) is 1. The number of aliphatic carboxylic acids is 1. The predicted molar refractivity (Wildman–Crippen MR) is 129 cm³/mol. The highest BCUT2D eigenvalue weighted by Crippen LogP contribution is 2.46. The van der Waals surface area contributed by atoms with Crippen LogP contribution in [0.5, 0.6) is 28.7 Å². The number of esters is 3. The summed E-state index contributed by atoms with van der Waals surface area (Å²) in [5.74, 6) is -9.81. The molecule has 4 rings (SSSR count). The van der Waals surface area contributed by atoms with E-state index in [9.17, 15) is 54.9 Å². The molecule has 9 N–H and O–H groups in total. The fourth-order valence-corrected chi connectivity index (χ4v) is 4.01. The zero-order valence-electron chi connectivity index (χ0n) is 20.9. The molecule has 1 fully saturated rings. The molecule has 2 aromatic rings. The number of hydrogen-bond acceptors (Lipinski definition) is 15. The van der Waals surface area contributed by atoms with Gasteiger partial charge in [-0.05, 0) is 18.2 Å².